The fourth-order valence-electron chi connectivity index (χ4n) is 7.72. The molecule has 4 aliphatic rings. The van der Waals surface area contributed by atoms with E-state index >= 15 is 0 Å². The van der Waals surface area contributed by atoms with E-state index < -0.39 is 0 Å². The molecule has 3 aliphatic heterocycles. The summed E-state index contributed by atoms with van der Waals surface area (Å²) in [5, 5.41) is 4.63. The van der Waals surface area contributed by atoms with Crippen molar-refractivity contribution in [3.05, 3.63) is 53.3 Å². The zero-order valence-electron chi connectivity index (χ0n) is 27.0. The second-order valence-electron chi connectivity index (χ2n) is 14.6. The van der Waals surface area contributed by atoms with Crippen LogP contribution in [0.3, 0.4) is 0 Å². The van der Waals surface area contributed by atoms with Gasteiger partial charge in [-0.3, -0.25) is 4.79 Å². The molecule has 1 saturated carbocycles. The van der Waals surface area contributed by atoms with Crippen LogP contribution in [0.1, 0.15) is 87.6 Å². The SMILES string of the molecule is CC(C)(C)C1CCC(c2cc(C(=O)N3CCC(Oc4cc(N5CC[NH2+]CC5)ccc4F)CC3)ccc2O[C@H]2CC[NH2+]C2)CC1. The lowest BCUT2D eigenvalue weighted by molar-refractivity contribution is -0.655. The minimum atomic E-state index is -0.322. The predicted octanol–water partition coefficient (Wildman–Crippen LogP) is 3.93. The van der Waals surface area contributed by atoms with Crippen LogP contribution in [-0.2, 0) is 0 Å². The van der Waals surface area contributed by atoms with Crippen molar-refractivity contribution in [3.63, 3.8) is 0 Å². The highest BCUT2D eigenvalue weighted by molar-refractivity contribution is 5.94. The van der Waals surface area contributed by atoms with Crippen molar-refractivity contribution in [2.45, 2.75) is 83.8 Å². The van der Waals surface area contributed by atoms with Crippen LogP contribution in [0.2, 0.25) is 0 Å². The van der Waals surface area contributed by atoms with Crippen LogP contribution in [0.25, 0.3) is 0 Å². The summed E-state index contributed by atoms with van der Waals surface area (Å²) in [4.78, 5) is 18.0. The maximum Gasteiger partial charge on any atom is 0.253 e. The molecule has 7 nitrogen and oxygen atoms in total. The number of anilines is 1. The first-order chi connectivity index (χ1) is 21.2. The van der Waals surface area contributed by atoms with Crippen LogP contribution < -0.4 is 25.0 Å². The van der Waals surface area contributed by atoms with Gasteiger partial charge in [0.05, 0.1) is 32.7 Å². The van der Waals surface area contributed by atoms with E-state index in [0.29, 0.717) is 43.0 Å². The highest BCUT2D eigenvalue weighted by Gasteiger charge is 2.33. The van der Waals surface area contributed by atoms with Gasteiger partial charge in [0.25, 0.3) is 5.91 Å². The molecule has 8 heteroatoms. The third-order valence-electron chi connectivity index (χ3n) is 10.6. The number of benzene rings is 2. The first kappa shape index (κ1) is 31.2. The van der Waals surface area contributed by atoms with E-state index in [9.17, 15) is 9.18 Å². The Morgan fingerprint density at radius 1 is 0.795 bits per heavy atom. The number of hydrogen-bond donors (Lipinski definition) is 2. The van der Waals surface area contributed by atoms with Gasteiger partial charge in [-0.25, -0.2) is 4.39 Å². The summed E-state index contributed by atoms with van der Waals surface area (Å²) < 4.78 is 27.5. The highest BCUT2D eigenvalue weighted by atomic mass is 19.1. The Hall–Kier alpha value is -2.84. The molecule has 1 aliphatic carbocycles. The first-order valence-corrected chi connectivity index (χ1v) is 17.2. The Bertz CT molecular complexity index is 1270. The molecule has 1 atom stereocenters. The van der Waals surface area contributed by atoms with Crippen molar-refractivity contribution in [2.24, 2.45) is 11.3 Å². The third-order valence-corrected chi connectivity index (χ3v) is 10.6. The average molecular weight is 609 g/mol. The third kappa shape index (κ3) is 7.34. The van der Waals surface area contributed by atoms with Crippen LogP contribution in [0, 0.1) is 17.2 Å². The number of piperazine rings is 1. The maximum absolute atomic E-state index is 14.7. The number of likely N-dealkylation sites (tertiary alicyclic amines) is 1. The molecule has 0 spiro atoms. The van der Waals surface area contributed by atoms with E-state index in [0.717, 1.165) is 81.4 Å². The number of halogens is 1. The summed E-state index contributed by atoms with van der Waals surface area (Å²) in [6, 6.07) is 11.4. The molecule has 3 heterocycles. The van der Waals surface area contributed by atoms with E-state index in [1.54, 1.807) is 0 Å². The normalized spacial score (nSPS) is 25.2. The summed E-state index contributed by atoms with van der Waals surface area (Å²) in [6.07, 6.45) is 7.31. The molecule has 44 heavy (non-hydrogen) atoms. The van der Waals surface area contributed by atoms with Gasteiger partial charge in [0.1, 0.15) is 18.4 Å². The van der Waals surface area contributed by atoms with Gasteiger partial charge in [-0.05, 0) is 78.8 Å². The molecular formula is C36H53FN4O3+2. The van der Waals surface area contributed by atoms with E-state index in [1.807, 2.05) is 23.1 Å². The number of nitrogens with zero attached hydrogens (tertiary/aromatic N) is 2. The van der Waals surface area contributed by atoms with Gasteiger partial charge in [0.15, 0.2) is 17.7 Å². The molecule has 3 saturated heterocycles. The summed E-state index contributed by atoms with van der Waals surface area (Å²) in [7, 11) is 0. The van der Waals surface area contributed by atoms with Crippen molar-refractivity contribution in [1.82, 2.24) is 4.90 Å². The zero-order valence-corrected chi connectivity index (χ0v) is 27.0. The number of carbonyl (C=O) groups is 1. The molecule has 0 unspecified atom stereocenters. The number of piperidine rings is 1. The molecule has 240 valence electrons. The van der Waals surface area contributed by atoms with Gasteiger partial charge < -0.3 is 29.9 Å². The van der Waals surface area contributed by atoms with Crippen molar-refractivity contribution in [1.29, 1.82) is 0 Å². The zero-order chi connectivity index (χ0) is 30.7. The minimum absolute atomic E-state index is 0.0731. The summed E-state index contributed by atoms with van der Waals surface area (Å²) in [6.45, 7) is 14.4. The molecule has 4 fully saturated rings. The van der Waals surface area contributed by atoms with Gasteiger partial charge in [-0.2, -0.15) is 0 Å². The average Bonchev–Trinajstić information content (AvgIpc) is 3.56. The lowest BCUT2D eigenvalue weighted by Gasteiger charge is -2.37. The van der Waals surface area contributed by atoms with Crippen LogP contribution >= 0.6 is 0 Å². The molecular weight excluding hydrogens is 555 g/mol. The largest absolute Gasteiger partial charge is 0.487 e. The second-order valence-corrected chi connectivity index (χ2v) is 14.6. The van der Waals surface area contributed by atoms with Gasteiger partial charge >= 0.3 is 0 Å². The molecule has 0 bridgehead atoms. The summed E-state index contributed by atoms with van der Waals surface area (Å²) >= 11 is 0. The van der Waals surface area contributed by atoms with Crippen molar-refractivity contribution >= 4 is 11.6 Å². The van der Waals surface area contributed by atoms with Gasteiger partial charge in [0.2, 0.25) is 0 Å². The lowest BCUT2D eigenvalue weighted by atomic mass is 9.68. The highest BCUT2D eigenvalue weighted by Crippen LogP contribution is 2.45. The molecule has 2 aromatic rings. The Kier molecular flexibility index (Phi) is 9.67. The van der Waals surface area contributed by atoms with E-state index in [1.165, 1.54) is 24.5 Å². The number of hydrogen-bond acceptors (Lipinski definition) is 4. The smallest absolute Gasteiger partial charge is 0.253 e. The fourth-order valence-corrected chi connectivity index (χ4v) is 7.72. The number of carbonyl (C=O) groups excluding carboxylic acids is 1. The van der Waals surface area contributed by atoms with Crippen LogP contribution in [0.5, 0.6) is 11.5 Å². The van der Waals surface area contributed by atoms with Gasteiger partial charge in [-0.15, -0.1) is 0 Å². The molecule has 6 rings (SSSR count). The second kappa shape index (κ2) is 13.7. The Balaban J connectivity index is 1.10. The maximum atomic E-state index is 14.7. The molecule has 2 aromatic carbocycles. The topological polar surface area (TPSA) is 75.2 Å². The molecule has 1 amide bonds. The van der Waals surface area contributed by atoms with Crippen molar-refractivity contribution in [3.8, 4) is 11.5 Å². The van der Waals surface area contributed by atoms with Gasteiger partial charge in [0, 0.05) is 49.7 Å². The van der Waals surface area contributed by atoms with E-state index in [-0.39, 0.29) is 23.9 Å². The quantitative estimate of drug-likeness (QED) is 0.500. The number of amides is 1. The molecule has 0 radical (unpaired) electrons. The first-order valence-electron chi connectivity index (χ1n) is 17.2. The summed E-state index contributed by atoms with van der Waals surface area (Å²) in [5.74, 6) is 2.21. The lowest BCUT2D eigenvalue weighted by Crippen LogP contribution is -2.89. The number of quaternary nitrogens is 2. The van der Waals surface area contributed by atoms with E-state index in [4.69, 9.17) is 9.47 Å². The number of nitrogens with two attached hydrogens (primary N) is 2. The fraction of sp³-hybridized carbons (Fsp3) is 0.639. The van der Waals surface area contributed by atoms with Crippen LogP contribution in [0.4, 0.5) is 10.1 Å². The minimum Gasteiger partial charge on any atom is -0.487 e. The van der Waals surface area contributed by atoms with Crippen molar-refractivity contribution in [2.75, 3.05) is 57.3 Å². The summed E-state index contributed by atoms with van der Waals surface area (Å²) in [5.41, 5.74) is 3.32. The van der Waals surface area contributed by atoms with Crippen LogP contribution in [0.15, 0.2) is 36.4 Å². The standard InChI is InChI=1S/C36H51FN4O3/c1-36(2,3)27-7-4-25(5-8-27)31-22-26(6-11-33(31)44-30-12-15-39-24-30)35(42)41-18-13-29(14-19-41)43-34-23-28(9-10-32(34)37)40-20-16-38-17-21-40/h6,9-11,22-23,25,27,29-30,38-39H,4-5,7-8,12-21,24H2,1-3H3/p+2/t25?,27?,30-/m0/s1. The number of rotatable bonds is 7. The van der Waals surface area contributed by atoms with Gasteiger partial charge in [-0.1, -0.05) is 20.8 Å². The van der Waals surface area contributed by atoms with E-state index in [2.05, 4.69) is 48.4 Å². The number of ether oxygens (including phenoxy) is 2. The monoisotopic (exact) mass is 608 g/mol. The predicted molar refractivity (Wildman–Crippen MR) is 171 cm³/mol. The Morgan fingerprint density at radius 2 is 1.52 bits per heavy atom. The molecule has 4 N–H and O–H groups in total. The van der Waals surface area contributed by atoms with Crippen molar-refractivity contribution < 1.29 is 29.3 Å². The van der Waals surface area contributed by atoms with Crippen LogP contribution in [-0.4, -0.2) is 75.4 Å². The Morgan fingerprint density at radius 3 is 2.20 bits per heavy atom. The Labute approximate surface area is 262 Å². The molecule has 0 aromatic heterocycles.